The van der Waals surface area contributed by atoms with Crippen LogP contribution in [0.1, 0.15) is 25.3 Å². The van der Waals surface area contributed by atoms with Gasteiger partial charge in [0, 0.05) is 0 Å². The van der Waals surface area contributed by atoms with Crippen LogP contribution in [0.4, 0.5) is 0 Å². The molecule has 1 aliphatic rings. The molecule has 1 aromatic heterocycles. The first-order valence-electron chi connectivity index (χ1n) is 4.10. The molecule has 2 rings (SSSR count). The largest absolute Gasteiger partial charge is 0.492 e. The van der Waals surface area contributed by atoms with Crippen molar-refractivity contribution in [1.82, 2.24) is 9.78 Å². The number of ether oxygens (including phenoxy) is 1. The lowest BCUT2D eigenvalue weighted by molar-refractivity contribution is 0.282. The molecule has 66 valence electrons. The second-order valence-electron chi connectivity index (χ2n) is 3.03. The van der Waals surface area contributed by atoms with Crippen molar-refractivity contribution in [3.8, 4) is 5.75 Å². The Balaban J connectivity index is 2.25. The summed E-state index contributed by atoms with van der Waals surface area (Å²) in [6.45, 7) is 0. The molecule has 1 aliphatic carbocycles. The SMILES string of the molecule is COc1cnn(C2CCC2)c1I. The summed E-state index contributed by atoms with van der Waals surface area (Å²) in [5.74, 6) is 0.891. The molecule has 1 fully saturated rings. The second-order valence-corrected chi connectivity index (χ2v) is 4.05. The van der Waals surface area contributed by atoms with E-state index in [0.717, 1.165) is 9.45 Å². The van der Waals surface area contributed by atoms with E-state index in [-0.39, 0.29) is 0 Å². The second kappa shape index (κ2) is 3.24. The third-order valence-electron chi connectivity index (χ3n) is 2.34. The van der Waals surface area contributed by atoms with E-state index in [2.05, 4.69) is 32.4 Å². The van der Waals surface area contributed by atoms with Crippen molar-refractivity contribution in [2.75, 3.05) is 7.11 Å². The van der Waals surface area contributed by atoms with Crippen LogP contribution in [0, 0.1) is 3.70 Å². The highest BCUT2D eigenvalue weighted by molar-refractivity contribution is 14.1. The van der Waals surface area contributed by atoms with E-state index in [1.807, 2.05) is 0 Å². The van der Waals surface area contributed by atoms with Crippen LogP contribution in [-0.2, 0) is 0 Å². The Morgan fingerprint density at radius 3 is 2.83 bits per heavy atom. The Kier molecular flexibility index (Phi) is 2.25. The molecule has 4 heteroatoms. The summed E-state index contributed by atoms with van der Waals surface area (Å²) in [7, 11) is 1.68. The van der Waals surface area contributed by atoms with Crippen LogP contribution >= 0.6 is 22.6 Å². The van der Waals surface area contributed by atoms with Crippen molar-refractivity contribution in [2.24, 2.45) is 0 Å². The molecule has 0 atom stereocenters. The topological polar surface area (TPSA) is 27.1 Å². The number of rotatable bonds is 2. The Hall–Kier alpha value is -0.260. The van der Waals surface area contributed by atoms with Gasteiger partial charge in [0.2, 0.25) is 0 Å². The van der Waals surface area contributed by atoms with Crippen LogP contribution in [-0.4, -0.2) is 16.9 Å². The van der Waals surface area contributed by atoms with Crippen LogP contribution < -0.4 is 4.74 Å². The minimum absolute atomic E-state index is 0.626. The lowest BCUT2D eigenvalue weighted by Crippen LogP contribution is -2.19. The van der Waals surface area contributed by atoms with Gasteiger partial charge < -0.3 is 4.74 Å². The number of halogens is 1. The molecule has 0 saturated heterocycles. The van der Waals surface area contributed by atoms with Crippen molar-refractivity contribution in [3.63, 3.8) is 0 Å². The summed E-state index contributed by atoms with van der Waals surface area (Å²) >= 11 is 2.28. The quantitative estimate of drug-likeness (QED) is 0.776. The first kappa shape index (κ1) is 8.34. The van der Waals surface area contributed by atoms with Gasteiger partial charge in [0.25, 0.3) is 0 Å². The fourth-order valence-corrected chi connectivity index (χ4v) is 2.23. The molecule has 0 unspecified atom stereocenters. The lowest BCUT2D eigenvalue weighted by Gasteiger charge is -2.26. The molecule has 3 nitrogen and oxygen atoms in total. The van der Waals surface area contributed by atoms with Crippen LogP contribution in [0.2, 0.25) is 0 Å². The van der Waals surface area contributed by atoms with Gasteiger partial charge in [-0.05, 0) is 41.9 Å². The van der Waals surface area contributed by atoms with Crippen LogP contribution in [0.5, 0.6) is 5.75 Å². The highest BCUT2D eigenvalue weighted by Gasteiger charge is 2.23. The van der Waals surface area contributed by atoms with Gasteiger partial charge in [0.05, 0.1) is 19.3 Å². The van der Waals surface area contributed by atoms with Gasteiger partial charge in [0.15, 0.2) is 5.75 Å². The molecular formula is C8H11IN2O. The van der Waals surface area contributed by atoms with Gasteiger partial charge in [0.1, 0.15) is 3.70 Å². The molecule has 1 saturated carbocycles. The molecule has 0 amide bonds. The maximum absolute atomic E-state index is 5.15. The molecule has 0 N–H and O–H groups in total. The standard InChI is InChI=1S/C8H11IN2O/c1-12-7-5-10-11(8(7)9)6-3-2-4-6/h5-6H,2-4H2,1H3. The van der Waals surface area contributed by atoms with Crippen LogP contribution in [0.25, 0.3) is 0 Å². The normalized spacial score (nSPS) is 17.5. The number of hydrogen-bond acceptors (Lipinski definition) is 2. The first-order valence-corrected chi connectivity index (χ1v) is 5.18. The summed E-state index contributed by atoms with van der Waals surface area (Å²) in [6.07, 6.45) is 5.66. The summed E-state index contributed by atoms with van der Waals surface area (Å²) in [6, 6.07) is 0.626. The summed E-state index contributed by atoms with van der Waals surface area (Å²) < 4.78 is 8.35. The van der Waals surface area contributed by atoms with E-state index in [0.29, 0.717) is 6.04 Å². The predicted octanol–water partition coefficient (Wildman–Crippen LogP) is 2.22. The third-order valence-corrected chi connectivity index (χ3v) is 3.37. The van der Waals surface area contributed by atoms with Gasteiger partial charge in [-0.3, -0.25) is 4.68 Å². The van der Waals surface area contributed by atoms with Crippen molar-refractivity contribution in [3.05, 3.63) is 9.90 Å². The fourth-order valence-electron chi connectivity index (χ4n) is 1.35. The zero-order chi connectivity index (χ0) is 8.55. The monoisotopic (exact) mass is 278 g/mol. The number of hydrogen-bond donors (Lipinski definition) is 0. The summed E-state index contributed by atoms with van der Waals surface area (Å²) in [5.41, 5.74) is 0. The highest BCUT2D eigenvalue weighted by Crippen LogP contribution is 2.34. The van der Waals surface area contributed by atoms with E-state index >= 15 is 0 Å². The Morgan fingerprint density at radius 1 is 1.67 bits per heavy atom. The average molecular weight is 278 g/mol. The van der Waals surface area contributed by atoms with Crippen LogP contribution in [0.15, 0.2) is 6.20 Å². The Morgan fingerprint density at radius 2 is 2.42 bits per heavy atom. The van der Waals surface area contributed by atoms with Gasteiger partial charge >= 0.3 is 0 Å². The van der Waals surface area contributed by atoms with Crippen molar-refractivity contribution < 1.29 is 4.74 Å². The average Bonchev–Trinajstić information content (AvgIpc) is 2.30. The summed E-state index contributed by atoms with van der Waals surface area (Å²) in [4.78, 5) is 0. The van der Waals surface area contributed by atoms with Crippen LogP contribution in [0.3, 0.4) is 0 Å². The van der Waals surface area contributed by atoms with Crippen molar-refractivity contribution in [2.45, 2.75) is 25.3 Å². The third kappa shape index (κ3) is 1.22. The first-order chi connectivity index (χ1) is 5.83. The van der Waals surface area contributed by atoms with E-state index in [1.54, 1.807) is 13.3 Å². The van der Waals surface area contributed by atoms with Crippen molar-refractivity contribution in [1.29, 1.82) is 0 Å². The number of aromatic nitrogens is 2. The zero-order valence-corrected chi connectivity index (χ0v) is 9.11. The minimum atomic E-state index is 0.626. The van der Waals surface area contributed by atoms with Crippen molar-refractivity contribution >= 4 is 22.6 Å². The molecule has 0 spiro atoms. The van der Waals surface area contributed by atoms with E-state index in [4.69, 9.17) is 4.74 Å². The van der Waals surface area contributed by atoms with Gasteiger partial charge in [-0.15, -0.1) is 0 Å². The van der Waals surface area contributed by atoms with Gasteiger partial charge in [-0.25, -0.2) is 0 Å². The molecule has 1 heterocycles. The molecule has 0 aromatic carbocycles. The molecule has 0 radical (unpaired) electrons. The zero-order valence-electron chi connectivity index (χ0n) is 6.96. The molecule has 0 bridgehead atoms. The lowest BCUT2D eigenvalue weighted by atomic mass is 9.93. The van der Waals surface area contributed by atoms with E-state index in [9.17, 15) is 0 Å². The molecule has 1 aromatic rings. The van der Waals surface area contributed by atoms with E-state index < -0.39 is 0 Å². The minimum Gasteiger partial charge on any atom is -0.492 e. The predicted molar refractivity (Wildman–Crippen MR) is 54.4 cm³/mol. The Labute approximate surface area is 85.2 Å². The maximum atomic E-state index is 5.15. The Bertz CT molecular complexity index is 281. The molecular weight excluding hydrogens is 267 g/mol. The number of nitrogens with zero attached hydrogens (tertiary/aromatic N) is 2. The fraction of sp³-hybridized carbons (Fsp3) is 0.625. The molecule has 12 heavy (non-hydrogen) atoms. The smallest absolute Gasteiger partial charge is 0.170 e. The summed E-state index contributed by atoms with van der Waals surface area (Å²) in [5, 5.41) is 4.29. The highest BCUT2D eigenvalue weighted by atomic mass is 127. The van der Waals surface area contributed by atoms with E-state index in [1.165, 1.54) is 19.3 Å². The van der Waals surface area contributed by atoms with Gasteiger partial charge in [-0.2, -0.15) is 5.10 Å². The number of methoxy groups -OCH3 is 1. The maximum Gasteiger partial charge on any atom is 0.170 e. The van der Waals surface area contributed by atoms with Gasteiger partial charge in [-0.1, -0.05) is 0 Å². The molecule has 0 aliphatic heterocycles.